The first-order valence-electron chi connectivity index (χ1n) is 8.69. The first-order valence-corrected chi connectivity index (χ1v) is 9.51. The predicted octanol–water partition coefficient (Wildman–Crippen LogP) is 4.52. The summed E-state index contributed by atoms with van der Waals surface area (Å²) in [5, 5.41) is 4.15. The fourth-order valence-corrected chi connectivity index (χ4v) is 3.98. The molecular weight excluding hydrogens is 356 g/mol. The highest BCUT2D eigenvalue weighted by atomic mass is 32.1. The second kappa shape index (κ2) is 6.92. The second-order valence-corrected chi connectivity index (χ2v) is 7.56. The number of rotatable bonds is 4. The molecule has 0 aliphatic carbocycles. The molecule has 7 heteroatoms. The summed E-state index contributed by atoms with van der Waals surface area (Å²) in [7, 11) is 0. The molecule has 0 amide bonds. The molecule has 0 saturated heterocycles. The number of nitrogens with zero attached hydrogens (tertiary/aromatic N) is 4. The van der Waals surface area contributed by atoms with E-state index in [2.05, 4.69) is 63.4 Å². The molecule has 1 aromatic carbocycles. The van der Waals surface area contributed by atoms with E-state index < -0.39 is 0 Å². The Kier molecular flexibility index (Phi) is 4.45. The summed E-state index contributed by atoms with van der Waals surface area (Å²) in [6.07, 6.45) is 3.51. The van der Waals surface area contributed by atoms with E-state index in [1.54, 1.807) is 23.7 Å². The molecule has 0 aliphatic heterocycles. The highest BCUT2D eigenvalue weighted by molar-refractivity contribution is 7.21. The number of fused-ring (bicyclic) bond motifs is 1. The van der Waals surface area contributed by atoms with Gasteiger partial charge < -0.3 is 11.1 Å². The molecule has 136 valence electrons. The van der Waals surface area contributed by atoms with Crippen molar-refractivity contribution < 1.29 is 0 Å². The molecule has 0 aliphatic rings. The standard InChI is InChI=1S/C20H20N6S/c1-11-4-6-14(7-5-11)12(2)23-20-24-13(3)17(18(21)26-20)19-25-15-10-22-9-8-16(15)27-19/h4-10,12H,1-3H3,(H3,21,23,24,26)/t12-/m1/s1. The average Bonchev–Trinajstić information content (AvgIpc) is 3.05. The van der Waals surface area contributed by atoms with E-state index in [-0.39, 0.29) is 6.04 Å². The van der Waals surface area contributed by atoms with Crippen LogP contribution in [0.5, 0.6) is 0 Å². The molecule has 1 atom stereocenters. The summed E-state index contributed by atoms with van der Waals surface area (Å²) in [5.41, 5.74) is 11.1. The van der Waals surface area contributed by atoms with Crippen molar-refractivity contribution in [1.82, 2.24) is 19.9 Å². The van der Waals surface area contributed by atoms with Gasteiger partial charge in [0.2, 0.25) is 5.95 Å². The maximum atomic E-state index is 6.27. The number of anilines is 2. The van der Waals surface area contributed by atoms with Gasteiger partial charge in [0, 0.05) is 6.20 Å². The minimum atomic E-state index is 0.0729. The van der Waals surface area contributed by atoms with Crippen LogP contribution in [0.2, 0.25) is 0 Å². The van der Waals surface area contributed by atoms with E-state index in [9.17, 15) is 0 Å². The normalized spacial score (nSPS) is 12.3. The van der Waals surface area contributed by atoms with Gasteiger partial charge in [-0.1, -0.05) is 29.8 Å². The molecule has 3 heterocycles. The van der Waals surface area contributed by atoms with Crippen LogP contribution in [-0.4, -0.2) is 19.9 Å². The van der Waals surface area contributed by atoms with Gasteiger partial charge in [-0.3, -0.25) is 4.98 Å². The Morgan fingerprint density at radius 3 is 2.52 bits per heavy atom. The third-order valence-corrected chi connectivity index (χ3v) is 5.50. The van der Waals surface area contributed by atoms with Gasteiger partial charge in [-0.15, -0.1) is 11.3 Å². The number of thiazole rings is 1. The Hall–Kier alpha value is -3.06. The first-order chi connectivity index (χ1) is 13.0. The molecule has 0 fully saturated rings. The van der Waals surface area contributed by atoms with Crippen molar-refractivity contribution in [1.29, 1.82) is 0 Å². The molecule has 0 spiro atoms. The van der Waals surface area contributed by atoms with E-state index in [0.717, 1.165) is 26.5 Å². The van der Waals surface area contributed by atoms with E-state index >= 15 is 0 Å². The van der Waals surface area contributed by atoms with E-state index in [1.807, 2.05) is 13.0 Å². The Morgan fingerprint density at radius 2 is 1.81 bits per heavy atom. The molecule has 3 aromatic heterocycles. The number of aryl methyl sites for hydroxylation is 2. The van der Waals surface area contributed by atoms with Crippen molar-refractivity contribution in [2.24, 2.45) is 0 Å². The zero-order valence-electron chi connectivity index (χ0n) is 15.4. The van der Waals surface area contributed by atoms with Crippen LogP contribution in [0.25, 0.3) is 20.8 Å². The van der Waals surface area contributed by atoms with Crippen LogP contribution in [0.3, 0.4) is 0 Å². The van der Waals surface area contributed by atoms with Crippen molar-refractivity contribution in [3.05, 3.63) is 59.5 Å². The van der Waals surface area contributed by atoms with Gasteiger partial charge in [-0.2, -0.15) is 4.98 Å². The summed E-state index contributed by atoms with van der Waals surface area (Å²) in [4.78, 5) is 17.8. The van der Waals surface area contributed by atoms with Gasteiger partial charge in [-0.25, -0.2) is 9.97 Å². The summed E-state index contributed by atoms with van der Waals surface area (Å²) in [6.45, 7) is 6.08. The number of nitrogens with two attached hydrogens (primary N) is 1. The highest BCUT2D eigenvalue weighted by Crippen LogP contribution is 2.34. The first kappa shape index (κ1) is 17.4. The highest BCUT2D eigenvalue weighted by Gasteiger charge is 2.17. The van der Waals surface area contributed by atoms with Crippen LogP contribution < -0.4 is 11.1 Å². The lowest BCUT2D eigenvalue weighted by Gasteiger charge is -2.16. The number of nitrogens with one attached hydrogen (secondary N) is 1. The summed E-state index contributed by atoms with van der Waals surface area (Å²) in [6, 6.07) is 10.4. The van der Waals surface area contributed by atoms with Crippen LogP contribution in [0.4, 0.5) is 11.8 Å². The topological polar surface area (TPSA) is 89.6 Å². The molecule has 27 heavy (non-hydrogen) atoms. The maximum absolute atomic E-state index is 6.27. The molecule has 4 aromatic rings. The van der Waals surface area contributed by atoms with E-state index in [1.165, 1.54) is 11.1 Å². The fraction of sp³-hybridized carbons (Fsp3) is 0.200. The lowest BCUT2D eigenvalue weighted by atomic mass is 10.1. The minimum absolute atomic E-state index is 0.0729. The van der Waals surface area contributed by atoms with Crippen molar-refractivity contribution in [2.45, 2.75) is 26.8 Å². The average molecular weight is 376 g/mol. The van der Waals surface area contributed by atoms with Gasteiger partial charge in [0.25, 0.3) is 0 Å². The maximum Gasteiger partial charge on any atom is 0.225 e. The molecule has 4 rings (SSSR count). The van der Waals surface area contributed by atoms with Crippen LogP contribution in [0.15, 0.2) is 42.7 Å². The van der Waals surface area contributed by atoms with Gasteiger partial charge >= 0.3 is 0 Å². The zero-order valence-corrected chi connectivity index (χ0v) is 16.2. The summed E-state index contributed by atoms with van der Waals surface area (Å²) in [5.74, 6) is 0.942. The summed E-state index contributed by atoms with van der Waals surface area (Å²) >= 11 is 1.57. The van der Waals surface area contributed by atoms with Gasteiger partial charge in [0.05, 0.1) is 28.2 Å². The van der Waals surface area contributed by atoms with Crippen molar-refractivity contribution in [3.63, 3.8) is 0 Å². The Labute approximate surface area is 161 Å². The largest absolute Gasteiger partial charge is 0.383 e. The molecule has 0 saturated carbocycles. The predicted molar refractivity (Wildman–Crippen MR) is 111 cm³/mol. The lowest BCUT2D eigenvalue weighted by Crippen LogP contribution is -2.12. The number of aromatic nitrogens is 4. The SMILES string of the molecule is Cc1ccc([C@@H](C)Nc2nc(C)c(-c3nc4cnccc4s3)c(N)n2)cc1. The molecule has 3 N–H and O–H groups in total. The number of hydrogen-bond acceptors (Lipinski definition) is 7. The van der Waals surface area contributed by atoms with Gasteiger partial charge in [-0.05, 0) is 32.4 Å². The Bertz CT molecular complexity index is 1050. The molecule has 6 nitrogen and oxygen atoms in total. The van der Waals surface area contributed by atoms with Crippen molar-refractivity contribution in [2.75, 3.05) is 11.1 Å². The molecular formula is C20H20N6S. The second-order valence-electron chi connectivity index (χ2n) is 6.53. The monoisotopic (exact) mass is 376 g/mol. The van der Waals surface area contributed by atoms with E-state index in [4.69, 9.17) is 5.73 Å². The van der Waals surface area contributed by atoms with Crippen LogP contribution in [-0.2, 0) is 0 Å². The van der Waals surface area contributed by atoms with E-state index in [0.29, 0.717) is 11.8 Å². The fourth-order valence-electron chi connectivity index (χ4n) is 2.94. The van der Waals surface area contributed by atoms with Crippen molar-refractivity contribution in [3.8, 4) is 10.6 Å². The number of hydrogen-bond donors (Lipinski definition) is 2. The Morgan fingerprint density at radius 1 is 1.04 bits per heavy atom. The van der Waals surface area contributed by atoms with Crippen molar-refractivity contribution >= 4 is 33.3 Å². The lowest BCUT2D eigenvalue weighted by molar-refractivity contribution is 0.858. The van der Waals surface area contributed by atoms with Gasteiger partial charge in [0.1, 0.15) is 16.3 Å². The van der Waals surface area contributed by atoms with Crippen LogP contribution in [0.1, 0.15) is 29.8 Å². The molecule has 0 unspecified atom stereocenters. The minimum Gasteiger partial charge on any atom is -0.383 e. The molecule has 0 radical (unpaired) electrons. The molecule has 0 bridgehead atoms. The Balaban J connectivity index is 1.64. The smallest absolute Gasteiger partial charge is 0.225 e. The van der Waals surface area contributed by atoms with Crippen LogP contribution >= 0.6 is 11.3 Å². The third-order valence-electron chi connectivity index (χ3n) is 4.44. The zero-order chi connectivity index (χ0) is 19.0. The number of pyridine rings is 1. The number of nitrogen functional groups attached to an aromatic ring is 1. The number of benzene rings is 1. The van der Waals surface area contributed by atoms with Gasteiger partial charge in [0.15, 0.2) is 0 Å². The third kappa shape index (κ3) is 3.46. The quantitative estimate of drug-likeness (QED) is 0.544. The van der Waals surface area contributed by atoms with Crippen LogP contribution in [0, 0.1) is 13.8 Å². The summed E-state index contributed by atoms with van der Waals surface area (Å²) < 4.78 is 1.06.